The van der Waals surface area contributed by atoms with Gasteiger partial charge in [0.05, 0.1) is 6.04 Å². The first-order chi connectivity index (χ1) is 7.52. The Kier molecular flexibility index (Phi) is 4.78. The molecule has 0 aromatic rings. The minimum absolute atomic E-state index is 0.0669. The Morgan fingerprint density at radius 3 is 2.38 bits per heavy atom. The van der Waals surface area contributed by atoms with Crippen LogP contribution in [0, 0.1) is 11.3 Å². The van der Waals surface area contributed by atoms with Crippen molar-refractivity contribution in [2.75, 3.05) is 13.1 Å². The number of hydrogen-bond acceptors (Lipinski definition) is 2. The van der Waals surface area contributed by atoms with Crippen molar-refractivity contribution in [2.45, 2.75) is 53.0 Å². The summed E-state index contributed by atoms with van der Waals surface area (Å²) in [5, 5.41) is 6.28. The molecule has 1 saturated carbocycles. The van der Waals surface area contributed by atoms with Gasteiger partial charge in [0.15, 0.2) is 0 Å². The summed E-state index contributed by atoms with van der Waals surface area (Å²) in [6, 6.07) is -0.0669. The lowest BCUT2D eigenvalue weighted by molar-refractivity contribution is -0.122. The molecular formula is C13H26N2O. The van der Waals surface area contributed by atoms with Gasteiger partial charge in [0.2, 0.25) is 5.91 Å². The molecule has 1 amide bonds. The van der Waals surface area contributed by atoms with Crippen LogP contribution in [0.5, 0.6) is 0 Å². The van der Waals surface area contributed by atoms with Gasteiger partial charge >= 0.3 is 0 Å². The highest BCUT2D eigenvalue weighted by Crippen LogP contribution is 2.51. The highest BCUT2D eigenvalue weighted by atomic mass is 16.2. The molecule has 1 fully saturated rings. The monoisotopic (exact) mass is 226 g/mol. The van der Waals surface area contributed by atoms with Gasteiger partial charge in [-0.2, -0.15) is 0 Å². The maximum atomic E-state index is 11.6. The van der Waals surface area contributed by atoms with Gasteiger partial charge in [0.25, 0.3) is 0 Å². The van der Waals surface area contributed by atoms with E-state index in [0.29, 0.717) is 11.3 Å². The van der Waals surface area contributed by atoms with E-state index in [1.807, 2.05) is 6.92 Å². The van der Waals surface area contributed by atoms with Crippen LogP contribution in [0.25, 0.3) is 0 Å². The fraction of sp³-hybridized carbons (Fsp3) is 0.923. The van der Waals surface area contributed by atoms with Gasteiger partial charge in [-0.3, -0.25) is 4.79 Å². The molecule has 0 aliphatic heterocycles. The van der Waals surface area contributed by atoms with E-state index in [9.17, 15) is 4.79 Å². The maximum Gasteiger partial charge on any atom is 0.236 e. The average molecular weight is 226 g/mol. The van der Waals surface area contributed by atoms with Crippen molar-refractivity contribution in [3.63, 3.8) is 0 Å². The summed E-state index contributed by atoms with van der Waals surface area (Å²) in [5.74, 6) is 0.840. The van der Waals surface area contributed by atoms with Gasteiger partial charge in [-0.1, -0.05) is 20.8 Å². The van der Waals surface area contributed by atoms with Gasteiger partial charge in [-0.05, 0) is 37.5 Å². The highest BCUT2D eigenvalue weighted by Gasteiger charge is 2.45. The van der Waals surface area contributed by atoms with E-state index in [1.54, 1.807) is 0 Å². The third-order valence-electron chi connectivity index (χ3n) is 3.82. The predicted molar refractivity (Wildman–Crippen MR) is 67.3 cm³/mol. The maximum absolute atomic E-state index is 11.6. The van der Waals surface area contributed by atoms with Crippen molar-refractivity contribution in [1.29, 1.82) is 0 Å². The van der Waals surface area contributed by atoms with Crippen LogP contribution in [0.2, 0.25) is 0 Å². The van der Waals surface area contributed by atoms with E-state index in [1.165, 1.54) is 12.8 Å². The number of carbonyl (C=O) groups is 1. The first-order valence-electron chi connectivity index (χ1n) is 6.53. The number of amides is 1. The van der Waals surface area contributed by atoms with Crippen LogP contribution in [-0.4, -0.2) is 25.0 Å². The smallest absolute Gasteiger partial charge is 0.236 e. The summed E-state index contributed by atoms with van der Waals surface area (Å²) < 4.78 is 0. The molecule has 94 valence electrons. The molecule has 3 heteroatoms. The van der Waals surface area contributed by atoms with Crippen molar-refractivity contribution in [3.8, 4) is 0 Å². The molecule has 1 atom stereocenters. The fourth-order valence-corrected chi connectivity index (χ4v) is 1.97. The summed E-state index contributed by atoms with van der Waals surface area (Å²) in [7, 11) is 0. The largest absolute Gasteiger partial charge is 0.355 e. The lowest BCUT2D eigenvalue weighted by atomic mass is 9.92. The standard InChI is InChI=1S/C13H26N2O/c1-5-8-14-12(16)11(4)15-9-13(6-7-13)10(2)3/h10-11,15H,5-9H2,1-4H3,(H,14,16). The van der Waals surface area contributed by atoms with Crippen molar-refractivity contribution >= 4 is 5.91 Å². The molecule has 16 heavy (non-hydrogen) atoms. The zero-order chi connectivity index (χ0) is 12.2. The molecular weight excluding hydrogens is 200 g/mol. The average Bonchev–Trinajstić information content (AvgIpc) is 3.03. The topological polar surface area (TPSA) is 41.1 Å². The second kappa shape index (κ2) is 5.67. The second-order valence-electron chi connectivity index (χ2n) is 5.41. The quantitative estimate of drug-likeness (QED) is 0.696. The van der Waals surface area contributed by atoms with Crippen LogP contribution in [0.3, 0.4) is 0 Å². The number of carbonyl (C=O) groups excluding carboxylic acids is 1. The van der Waals surface area contributed by atoms with Crippen molar-refractivity contribution in [3.05, 3.63) is 0 Å². The third kappa shape index (κ3) is 3.48. The second-order valence-corrected chi connectivity index (χ2v) is 5.41. The Balaban J connectivity index is 2.24. The van der Waals surface area contributed by atoms with Gasteiger partial charge in [-0.25, -0.2) is 0 Å². The molecule has 3 nitrogen and oxygen atoms in total. The predicted octanol–water partition coefficient (Wildman–Crippen LogP) is 1.93. The SMILES string of the molecule is CCCNC(=O)C(C)NCC1(C(C)C)CC1. The van der Waals surface area contributed by atoms with E-state index in [2.05, 4.69) is 31.4 Å². The summed E-state index contributed by atoms with van der Waals surface area (Å²) in [5.41, 5.74) is 0.472. The minimum Gasteiger partial charge on any atom is -0.355 e. The zero-order valence-corrected chi connectivity index (χ0v) is 11.1. The lowest BCUT2D eigenvalue weighted by Crippen LogP contribution is -2.45. The molecule has 0 saturated heterocycles. The highest BCUT2D eigenvalue weighted by molar-refractivity contribution is 5.81. The van der Waals surface area contributed by atoms with E-state index >= 15 is 0 Å². The molecule has 1 aliphatic carbocycles. The molecule has 0 radical (unpaired) electrons. The van der Waals surface area contributed by atoms with Gasteiger partial charge in [0, 0.05) is 13.1 Å². The summed E-state index contributed by atoms with van der Waals surface area (Å²) >= 11 is 0. The molecule has 1 unspecified atom stereocenters. The normalized spacial score (nSPS) is 19.6. The Labute approximate surface area is 99.4 Å². The van der Waals surface area contributed by atoms with Crippen molar-refractivity contribution in [2.24, 2.45) is 11.3 Å². The summed E-state index contributed by atoms with van der Waals surface area (Å²) in [6.45, 7) is 10.3. The van der Waals surface area contributed by atoms with E-state index < -0.39 is 0 Å². The van der Waals surface area contributed by atoms with E-state index in [4.69, 9.17) is 0 Å². The molecule has 0 aromatic heterocycles. The number of hydrogen-bond donors (Lipinski definition) is 2. The Morgan fingerprint density at radius 2 is 1.94 bits per heavy atom. The van der Waals surface area contributed by atoms with Crippen LogP contribution >= 0.6 is 0 Å². The molecule has 2 N–H and O–H groups in total. The van der Waals surface area contributed by atoms with Crippen LogP contribution in [-0.2, 0) is 4.79 Å². The van der Waals surface area contributed by atoms with Crippen LogP contribution in [0.4, 0.5) is 0 Å². The Morgan fingerprint density at radius 1 is 1.31 bits per heavy atom. The van der Waals surface area contributed by atoms with Gasteiger partial charge < -0.3 is 10.6 Å². The third-order valence-corrected chi connectivity index (χ3v) is 3.82. The molecule has 0 aromatic carbocycles. The summed E-state index contributed by atoms with van der Waals surface area (Å²) in [4.78, 5) is 11.6. The fourth-order valence-electron chi connectivity index (χ4n) is 1.97. The van der Waals surface area contributed by atoms with Crippen LogP contribution in [0.15, 0.2) is 0 Å². The van der Waals surface area contributed by atoms with Crippen LogP contribution in [0.1, 0.15) is 47.0 Å². The molecule has 0 bridgehead atoms. The van der Waals surface area contributed by atoms with Crippen molar-refractivity contribution < 1.29 is 4.79 Å². The Hall–Kier alpha value is -0.570. The first kappa shape index (κ1) is 13.5. The van der Waals surface area contributed by atoms with Crippen molar-refractivity contribution in [1.82, 2.24) is 10.6 Å². The minimum atomic E-state index is -0.0669. The lowest BCUT2D eigenvalue weighted by Gasteiger charge is -2.22. The zero-order valence-electron chi connectivity index (χ0n) is 11.1. The summed E-state index contributed by atoms with van der Waals surface area (Å²) in [6.07, 6.45) is 3.61. The molecule has 0 spiro atoms. The molecule has 1 rings (SSSR count). The van der Waals surface area contributed by atoms with E-state index in [0.717, 1.165) is 19.5 Å². The van der Waals surface area contributed by atoms with Crippen LogP contribution < -0.4 is 10.6 Å². The van der Waals surface area contributed by atoms with E-state index in [-0.39, 0.29) is 11.9 Å². The number of rotatable bonds is 7. The molecule has 0 heterocycles. The Bertz CT molecular complexity index is 234. The first-order valence-corrected chi connectivity index (χ1v) is 6.53. The number of nitrogens with one attached hydrogen (secondary N) is 2. The molecule has 1 aliphatic rings. The van der Waals surface area contributed by atoms with Gasteiger partial charge in [0.1, 0.15) is 0 Å². The van der Waals surface area contributed by atoms with Gasteiger partial charge in [-0.15, -0.1) is 0 Å².